The number of hydrogen-bond acceptors (Lipinski definition) is 15. The van der Waals surface area contributed by atoms with E-state index in [1.54, 1.807) is 0 Å². The van der Waals surface area contributed by atoms with Crippen LogP contribution in [-0.4, -0.2) is 94.4 Å². The first-order valence-corrected chi connectivity index (χ1v) is 14.2. The standard InChI is InChI=1S/C21H18N8O10S3/c22-20-23-9(7-42-20)11(27-39-5-10(31)32)14(33)24-12-16(35)29-13(19(37)38)8(6-41-18(12)29)1-4-40-21-26-25-15(34)17(36)28(21)2-3-30/h1,3-4,7,12,18H,2,5-6H2,(H2,22,23)(H,24,33)(H,25,34)(H,31,32)(H,37,38). The number of rotatable bonds is 12. The Morgan fingerprint density at radius 2 is 2.07 bits per heavy atom. The number of hydrogen-bond donors (Lipinski definition) is 5. The average molecular weight is 639 g/mol. The van der Waals surface area contributed by atoms with Crippen molar-refractivity contribution in [2.24, 2.45) is 5.16 Å². The lowest BCUT2D eigenvalue weighted by Crippen LogP contribution is -2.71. The van der Waals surface area contributed by atoms with Gasteiger partial charge in [0.2, 0.25) is 6.61 Å². The highest BCUT2D eigenvalue weighted by atomic mass is 32.2. The number of aromatic nitrogens is 4. The first-order chi connectivity index (χ1) is 20.0. The van der Waals surface area contributed by atoms with Gasteiger partial charge in [0.05, 0.1) is 6.54 Å². The van der Waals surface area contributed by atoms with E-state index in [2.05, 4.69) is 25.4 Å². The lowest BCUT2D eigenvalue weighted by atomic mass is 10.0. The number of allylic oxidation sites excluding steroid dienone is 1. The van der Waals surface area contributed by atoms with Gasteiger partial charge in [0.15, 0.2) is 16.0 Å². The molecule has 0 aromatic carbocycles. The maximum Gasteiger partial charge on any atom is 0.352 e. The van der Waals surface area contributed by atoms with Crippen molar-refractivity contribution in [3.05, 3.63) is 54.5 Å². The first kappa shape index (κ1) is 30.2. The van der Waals surface area contributed by atoms with Crippen LogP contribution in [0.3, 0.4) is 0 Å². The van der Waals surface area contributed by atoms with E-state index in [1.807, 2.05) is 5.10 Å². The van der Waals surface area contributed by atoms with Crippen molar-refractivity contribution >= 4 is 75.7 Å². The third-order valence-corrected chi connectivity index (χ3v) is 8.20. The number of nitrogens with one attached hydrogen (secondary N) is 2. The topological polar surface area (TPSA) is 269 Å². The second-order valence-electron chi connectivity index (χ2n) is 8.06. The van der Waals surface area contributed by atoms with Crippen molar-refractivity contribution in [2.45, 2.75) is 23.1 Å². The Balaban J connectivity index is 1.52. The van der Waals surface area contributed by atoms with Gasteiger partial charge in [-0.05, 0) is 17.1 Å². The zero-order valence-corrected chi connectivity index (χ0v) is 23.2. The number of amides is 2. The van der Waals surface area contributed by atoms with Crippen molar-refractivity contribution in [3.8, 4) is 0 Å². The number of carboxylic acids is 2. The zero-order valence-electron chi connectivity index (χ0n) is 20.8. The van der Waals surface area contributed by atoms with E-state index in [0.29, 0.717) is 6.29 Å². The van der Waals surface area contributed by atoms with Crippen LogP contribution in [0.1, 0.15) is 5.69 Å². The Labute approximate surface area is 245 Å². The van der Waals surface area contributed by atoms with Crippen LogP contribution in [0.5, 0.6) is 0 Å². The molecule has 220 valence electrons. The zero-order chi connectivity index (χ0) is 30.6. The van der Waals surface area contributed by atoms with Crippen LogP contribution < -0.4 is 22.2 Å². The molecule has 2 aromatic heterocycles. The fourth-order valence-corrected chi connectivity index (χ4v) is 6.26. The third kappa shape index (κ3) is 6.26. The molecule has 2 aromatic rings. The number of H-pyrrole nitrogens is 1. The van der Waals surface area contributed by atoms with Gasteiger partial charge >= 0.3 is 23.1 Å². The molecule has 0 spiro atoms. The van der Waals surface area contributed by atoms with Gasteiger partial charge in [-0.25, -0.2) is 19.7 Å². The van der Waals surface area contributed by atoms with E-state index in [1.165, 1.54) is 16.9 Å². The number of aromatic amines is 1. The second kappa shape index (κ2) is 12.8. The van der Waals surface area contributed by atoms with Crippen molar-refractivity contribution in [1.82, 2.24) is 30.0 Å². The Morgan fingerprint density at radius 1 is 1.31 bits per heavy atom. The van der Waals surface area contributed by atoms with Gasteiger partial charge in [-0.15, -0.1) is 28.2 Å². The number of β-lactam (4-membered cyclic amide) rings is 1. The molecule has 2 amide bonds. The van der Waals surface area contributed by atoms with Crippen molar-refractivity contribution in [3.63, 3.8) is 0 Å². The predicted octanol–water partition coefficient (Wildman–Crippen LogP) is -1.98. The molecule has 2 aliphatic heterocycles. The van der Waals surface area contributed by atoms with Gasteiger partial charge in [-0.3, -0.25) is 28.6 Å². The van der Waals surface area contributed by atoms with Gasteiger partial charge in [-0.2, -0.15) is 0 Å². The molecule has 1 fully saturated rings. The quantitative estimate of drug-likeness (QED) is 0.0421. The highest BCUT2D eigenvalue weighted by Gasteiger charge is 2.54. The smallest absolute Gasteiger partial charge is 0.352 e. The predicted molar refractivity (Wildman–Crippen MR) is 147 cm³/mol. The summed E-state index contributed by atoms with van der Waals surface area (Å²) in [6, 6.07) is -1.15. The minimum atomic E-state index is -1.41. The van der Waals surface area contributed by atoms with E-state index in [9.17, 15) is 38.7 Å². The summed E-state index contributed by atoms with van der Waals surface area (Å²) in [6.45, 7) is -1.27. The van der Waals surface area contributed by atoms with Crippen LogP contribution in [0, 0.1) is 0 Å². The molecule has 6 N–H and O–H groups in total. The maximum absolute atomic E-state index is 13.0. The lowest BCUT2D eigenvalue weighted by molar-refractivity contribution is -0.150. The number of carboxylic acid groups (broad SMARTS) is 2. The molecule has 18 nitrogen and oxygen atoms in total. The molecule has 42 heavy (non-hydrogen) atoms. The number of nitrogens with zero attached hydrogens (tertiary/aromatic N) is 5. The summed E-state index contributed by atoms with van der Waals surface area (Å²) in [5.41, 5.74) is 3.03. The van der Waals surface area contributed by atoms with Crippen molar-refractivity contribution < 1.29 is 39.0 Å². The molecule has 0 aliphatic carbocycles. The summed E-state index contributed by atoms with van der Waals surface area (Å²) < 4.78 is 0.843. The monoisotopic (exact) mass is 638 g/mol. The summed E-state index contributed by atoms with van der Waals surface area (Å²) >= 11 is 2.96. The van der Waals surface area contributed by atoms with Crippen molar-refractivity contribution in [2.75, 3.05) is 18.1 Å². The number of carbonyl (C=O) groups is 5. The second-order valence-corrected chi connectivity index (χ2v) is 10.9. The normalized spacial score (nSPS) is 18.4. The molecule has 2 atom stereocenters. The summed E-state index contributed by atoms with van der Waals surface area (Å²) in [7, 11) is 0. The minimum absolute atomic E-state index is 0.0214. The third-order valence-electron chi connectivity index (χ3n) is 5.43. The Kier molecular flexibility index (Phi) is 9.22. The number of aldehydes is 1. The minimum Gasteiger partial charge on any atom is -0.479 e. The van der Waals surface area contributed by atoms with E-state index in [-0.39, 0.29) is 33.0 Å². The molecule has 2 aliphatic rings. The SMILES string of the molecule is Nc1nc(C(=NOCC(=O)O)C(=O)NC2C(=O)N3C(C(=O)O)=C(C=CSc4n[nH]c(=O)c(=O)n4CC=O)CSC23)cs1. The van der Waals surface area contributed by atoms with E-state index in [4.69, 9.17) is 10.8 Å². The summed E-state index contributed by atoms with van der Waals surface area (Å²) in [5, 5.41) is 32.4. The molecule has 0 radical (unpaired) electrons. The van der Waals surface area contributed by atoms with Crippen LogP contribution in [0.25, 0.3) is 0 Å². The van der Waals surface area contributed by atoms with Gasteiger partial charge in [0.25, 0.3) is 11.8 Å². The Bertz CT molecular complexity index is 1680. The molecule has 0 bridgehead atoms. The summed E-state index contributed by atoms with van der Waals surface area (Å²) in [4.78, 5) is 92.9. The fraction of sp³-hybridized carbons (Fsp3) is 0.238. The molecule has 2 unspecified atom stereocenters. The van der Waals surface area contributed by atoms with Gasteiger partial charge in [-0.1, -0.05) is 16.9 Å². The Morgan fingerprint density at radius 3 is 2.71 bits per heavy atom. The van der Waals surface area contributed by atoms with Gasteiger partial charge in [0, 0.05) is 11.1 Å². The van der Waals surface area contributed by atoms with Crippen LogP contribution in [0.2, 0.25) is 0 Å². The molecule has 1 saturated heterocycles. The molecule has 4 heterocycles. The number of oxime groups is 1. The highest BCUT2D eigenvalue weighted by molar-refractivity contribution is 8.02. The number of nitrogen functional groups attached to an aromatic ring is 1. The number of thioether (sulfide) groups is 2. The molecular weight excluding hydrogens is 620 g/mol. The maximum atomic E-state index is 13.0. The van der Waals surface area contributed by atoms with Crippen LogP contribution in [-0.2, 0) is 35.4 Å². The van der Waals surface area contributed by atoms with E-state index < -0.39 is 65.2 Å². The number of anilines is 1. The number of aliphatic carboxylic acids is 2. The lowest BCUT2D eigenvalue weighted by Gasteiger charge is -2.49. The van der Waals surface area contributed by atoms with Gasteiger partial charge < -0.3 is 30.9 Å². The average Bonchev–Trinajstić information content (AvgIpc) is 3.38. The van der Waals surface area contributed by atoms with Gasteiger partial charge in [0.1, 0.15) is 29.1 Å². The first-order valence-electron chi connectivity index (χ1n) is 11.3. The number of carbonyl (C=O) groups excluding carboxylic acids is 3. The van der Waals surface area contributed by atoms with E-state index >= 15 is 0 Å². The summed E-state index contributed by atoms with van der Waals surface area (Å²) in [5.74, 6) is -4.32. The van der Waals surface area contributed by atoms with Crippen molar-refractivity contribution in [1.29, 1.82) is 0 Å². The largest absolute Gasteiger partial charge is 0.479 e. The highest BCUT2D eigenvalue weighted by Crippen LogP contribution is 2.41. The van der Waals surface area contributed by atoms with Crippen LogP contribution >= 0.6 is 34.9 Å². The number of nitrogens with two attached hydrogens (primary N) is 1. The number of fused-ring (bicyclic) bond motifs is 1. The molecule has 21 heteroatoms. The molecule has 0 saturated carbocycles. The van der Waals surface area contributed by atoms with Crippen LogP contribution in [0.15, 0.2) is 48.0 Å². The van der Waals surface area contributed by atoms with E-state index in [0.717, 1.165) is 44.3 Å². The fourth-order valence-electron chi connectivity index (χ4n) is 3.65. The Hall–Kier alpha value is -4.76. The summed E-state index contributed by atoms with van der Waals surface area (Å²) in [6.07, 6.45) is 1.80. The van der Waals surface area contributed by atoms with Crippen LogP contribution in [0.4, 0.5) is 5.13 Å². The molecular formula is C21H18N8O10S3. The number of thiazole rings is 1. The molecule has 4 rings (SSSR count).